The van der Waals surface area contributed by atoms with Gasteiger partial charge in [0.1, 0.15) is 5.75 Å². The average Bonchev–Trinajstić information content (AvgIpc) is 2.69. The zero-order valence-corrected chi connectivity index (χ0v) is 15.2. The Balaban J connectivity index is 1.53. The molecule has 0 radical (unpaired) electrons. The summed E-state index contributed by atoms with van der Waals surface area (Å²) in [7, 11) is 0. The number of benzene rings is 2. The van der Waals surface area contributed by atoms with Crippen molar-refractivity contribution in [1.82, 2.24) is 15.1 Å². The molecule has 0 aliphatic heterocycles. The van der Waals surface area contributed by atoms with E-state index < -0.39 is 0 Å². The van der Waals surface area contributed by atoms with E-state index >= 15 is 0 Å². The van der Waals surface area contributed by atoms with E-state index in [1.165, 1.54) is 10.7 Å². The van der Waals surface area contributed by atoms with Crippen molar-refractivity contribution < 1.29 is 9.53 Å². The van der Waals surface area contributed by atoms with Crippen molar-refractivity contribution in [2.45, 2.75) is 6.54 Å². The first-order chi connectivity index (χ1) is 13.1. The van der Waals surface area contributed by atoms with Gasteiger partial charge in [0.2, 0.25) is 0 Å². The first-order valence-corrected chi connectivity index (χ1v) is 8.79. The smallest absolute Gasteiger partial charge is 0.266 e. The minimum absolute atomic E-state index is 0.157. The van der Waals surface area contributed by atoms with Crippen LogP contribution < -0.4 is 15.6 Å². The molecule has 0 unspecified atom stereocenters. The number of amides is 1. The third kappa shape index (κ3) is 5.18. The molecule has 2 aromatic carbocycles. The summed E-state index contributed by atoms with van der Waals surface area (Å²) in [5.74, 6) is 0.143. The molecular formula is C20H18ClN3O3. The van der Waals surface area contributed by atoms with Crippen LogP contribution in [-0.2, 0) is 11.3 Å². The van der Waals surface area contributed by atoms with Crippen LogP contribution in [0, 0.1) is 0 Å². The Morgan fingerprint density at radius 3 is 2.56 bits per heavy atom. The number of nitrogens with one attached hydrogen (secondary N) is 1. The van der Waals surface area contributed by atoms with Crippen LogP contribution in [0.15, 0.2) is 71.5 Å². The second-order valence-corrected chi connectivity index (χ2v) is 6.12. The van der Waals surface area contributed by atoms with Crippen molar-refractivity contribution in [3.8, 4) is 17.0 Å². The Hall–Kier alpha value is -3.12. The lowest BCUT2D eigenvalue weighted by molar-refractivity contribution is -0.123. The molecule has 0 atom stereocenters. The maximum absolute atomic E-state index is 12.0. The van der Waals surface area contributed by atoms with Crippen LogP contribution in [0.5, 0.6) is 5.75 Å². The average molecular weight is 384 g/mol. The second kappa shape index (κ2) is 9.00. The molecule has 138 valence electrons. The van der Waals surface area contributed by atoms with Gasteiger partial charge in [-0.25, -0.2) is 4.68 Å². The molecule has 0 saturated carbocycles. The Morgan fingerprint density at radius 2 is 1.78 bits per heavy atom. The third-order valence-corrected chi connectivity index (χ3v) is 4.09. The third-order valence-electron chi connectivity index (χ3n) is 3.78. The van der Waals surface area contributed by atoms with Crippen LogP contribution in [0.3, 0.4) is 0 Å². The first-order valence-electron chi connectivity index (χ1n) is 8.41. The van der Waals surface area contributed by atoms with Crippen molar-refractivity contribution in [2.75, 3.05) is 13.2 Å². The fourth-order valence-corrected chi connectivity index (χ4v) is 2.62. The van der Waals surface area contributed by atoms with Crippen LogP contribution in [-0.4, -0.2) is 28.8 Å². The van der Waals surface area contributed by atoms with E-state index in [9.17, 15) is 9.59 Å². The minimum atomic E-state index is -0.304. The number of ether oxygens (including phenoxy) is 1. The fraction of sp³-hybridized carbons (Fsp3) is 0.150. The number of hydrogen-bond donors (Lipinski definition) is 1. The minimum Gasteiger partial charge on any atom is -0.482 e. The van der Waals surface area contributed by atoms with Crippen molar-refractivity contribution >= 4 is 17.5 Å². The lowest BCUT2D eigenvalue weighted by atomic mass is 10.1. The predicted octanol–water partition coefficient (Wildman–Crippen LogP) is 2.76. The van der Waals surface area contributed by atoms with Crippen LogP contribution in [0.2, 0.25) is 5.02 Å². The van der Waals surface area contributed by atoms with Gasteiger partial charge in [0.25, 0.3) is 11.5 Å². The van der Waals surface area contributed by atoms with E-state index in [2.05, 4.69) is 10.4 Å². The molecule has 27 heavy (non-hydrogen) atoms. The molecule has 7 heteroatoms. The number of carbonyl (C=O) groups excluding carboxylic acids is 1. The summed E-state index contributed by atoms with van der Waals surface area (Å²) >= 11 is 5.97. The first kappa shape index (κ1) is 18.7. The fourth-order valence-electron chi connectivity index (χ4n) is 2.43. The number of halogens is 1. The topological polar surface area (TPSA) is 73.2 Å². The maximum atomic E-state index is 12.0. The summed E-state index contributed by atoms with van der Waals surface area (Å²) in [6, 6.07) is 19.7. The van der Waals surface area contributed by atoms with Gasteiger partial charge in [0.15, 0.2) is 6.61 Å². The van der Waals surface area contributed by atoms with Gasteiger partial charge in [-0.15, -0.1) is 0 Å². The quantitative estimate of drug-likeness (QED) is 0.680. The van der Waals surface area contributed by atoms with Gasteiger partial charge in [-0.1, -0.05) is 54.1 Å². The van der Waals surface area contributed by atoms with Crippen LogP contribution >= 0.6 is 11.6 Å². The molecule has 0 bridgehead atoms. The number of carbonyl (C=O) groups is 1. The normalized spacial score (nSPS) is 10.4. The molecule has 0 aliphatic rings. The van der Waals surface area contributed by atoms with E-state index in [1.807, 2.05) is 30.3 Å². The molecule has 1 heterocycles. The van der Waals surface area contributed by atoms with Gasteiger partial charge in [-0.05, 0) is 18.2 Å². The lowest BCUT2D eigenvalue weighted by Crippen LogP contribution is -2.34. The summed E-state index contributed by atoms with van der Waals surface area (Å²) in [6.07, 6.45) is 0. The van der Waals surface area contributed by atoms with Gasteiger partial charge in [0, 0.05) is 18.2 Å². The van der Waals surface area contributed by atoms with E-state index in [-0.39, 0.29) is 31.2 Å². The van der Waals surface area contributed by atoms with E-state index in [0.717, 1.165) is 5.56 Å². The Morgan fingerprint density at radius 1 is 1.04 bits per heavy atom. The van der Waals surface area contributed by atoms with E-state index in [1.54, 1.807) is 30.3 Å². The van der Waals surface area contributed by atoms with Crippen LogP contribution in [0.4, 0.5) is 0 Å². The van der Waals surface area contributed by atoms with Gasteiger partial charge < -0.3 is 10.1 Å². The SMILES string of the molecule is O=C(COc1ccccc1Cl)NCCn1nc(-c2ccccc2)ccc1=O. The molecule has 0 aliphatic carbocycles. The summed E-state index contributed by atoms with van der Waals surface area (Å²) < 4.78 is 6.70. The van der Waals surface area contributed by atoms with Crippen molar-refractivity contribution in [3.05, 3.63) is 82.1 Å². The number of nitrogens with zero attached hydrogens (tertiary/aromatic N) is 2. The Labute approximate surface area is 161 Å². The summed E-state index contributed by atoms with van der Waals surface area (Å²) in [5, 5.41) is 7.49. The van der Waals surface area contributed by atoms with Crippen molar-refractivity contribution in [2.24, 2.45) is 0 Å². The number of rotatable bonds is 7. The largest absolute Gasteiger partial charge is 0.482 e. The summed E-state index contributed by atoms with van der Waals surface area (Å²) in [5.41, 5.74) is 1.39. The number of aromatic nitrogens is 2. The zero-order valence-electron chi connectivity index (χ0n) is 14.5. The molecule has 0 fully saturated rings. The summed E-state index contributed by atoms with van der Waals surface area (Å²) in [6.45, 7) is 0.364. The molecule has 1 N–H and O–H groups in total. The Bertz CT molecular complexity index is 973. The Kier molecular flexibility index (Phi) is 6.22. The van der Waals surface area contributed by atoms with Crippen molar-refractivity contribution in [1.29, 1.82) is 0 Å². The van der Waals surface area contributed by atoms with Gasteiger partial charge in [-0.3, -0.25) is 9.59 Å². The second-order valence-electron chi connectivity index (χ2n) is 5.72. The van der Waals surface area contributed by atoms with E-state index in [4.69, 9.17) is 16.3 Å². The molecule has 1 amide bonds. The maximum Gasteiger partial charge on any atom is 0.266 e. The molecule has 0 saturated heterocycles. The number of hydrogen-bond acceptors (Lipinski definition) is 4. The molecule has 1 aromatic heterocycles. The summed E-state index contributed by atoms with van der Waals surface area (Å²) in [4.78, 5) is 23.9. The van der Waals surface area contributed by atoms with Crippen LogP contribution in [0.25, 0.3) is 11.3 Å². The molecule has 3 aromatic rings. The number of para-hydroxylation sites is 1. The van der Waals surface area contributed by atoms with Crippen molar-refractivity contribution in [3.63, 3.8) is 0 Å². The highest BCUT2D eigenvalue weighted by atomic mass is 35.5. The monoisotopic (exact) mass is 383 g/mol. The highest BCUT2D eigenvalue weighted by Gasteiger charge is 2.07. The highest BCUT2D eigenvalue weighted by molar-refractivity contribution is 6.32. The molecule has 6 nitrogen and oxygen atoms in total. The standard InChI is InChI=1S/C20H18ClN3O3/c21-16-8-4-5-9-18(16)27-14-19(25)22-12-13-24-20(26)11-10-17(23-24)15-6-2-1-3-7-15/h1-11H,12-14H2,(H,22,25). The highest BCUT2D eigenvalue weighted by Crippen LogP contribution is 2.22. The van der Waals surface area contributed by atoms with Gasteiger partial charge >= 0.3 is 0 Å². The molecular weight excluding hydrogens is 366 g/mol. The van der Waals surface area contributed by atoms with Gasteiger partial charge in [-0.2, -0.15) is 5.10 Å². The lowest BCUT2D eigenvalue weighted by Gasteiger charge is -2.10. The van der Waals surface area contributed by atoms with Crippen LogP contribution in [0.1, 0.15) is 0 Å². The van der Waals surface area contributed by atoms with E-state index in [0.29, 0.717) is 16.5 Å². The molecule has 3 rings (SSSR count). The zero-order chi connectivity index (χ0) is 19.1. The molecule has 0 spiro atoms. The van der Waals surface area contributed by atoms with Gasteiger partial charge in [0.05, 0.1) is 17.3 Å². The predicted molar refractivity (Wildman–Crippen MR) is 104 cm³/mol.